The number of hydrazone groups is 1. The van der Waals surface area contributed by atoms with E-state index in [2.05, 4.69) is 45.7 Å². The Labute approximate surface area is 110 Å². The van der Waals surface area contributed by atoms with E-state index in [9.17, 15) is 0 Å². The zero-order valence-corrected chi connectivity index (χ0v) is 10.2. The average molecular weight is 248 g/mol. The van der Waals surface area contributed by atoms with Gasteiger partial charge in [0.05, 0.1) is 5.69 Å². The van der Waals surface area contributed by atoms with Gasteiger partial charge in [0.1, 0.15) is 0 Å². The highest BCUT2D eigenvalue weighted by Gasteiger charge is 2.02. The van der Waals surface area contributed by atoms with E-state index in [1.165, 1.54) is 17.1 Å². The van der Waals surface area contributed by atoms with Crippen molar-refractivity contribution in [1.29, 1.82) is 0 Å². The SMILES string of the molecule is NN=CN=Nc1cccc2cc3ccccc3cc12. The fraction of sp³-hybridized carbons (Fsp3) is 0. The summed E-state index contributed by atoms with van der Waals surface area (Å²) >= 11 is 0. The molecule has 0 saturated heterocycles. The molecule has 4 nitrogen and oxygen atoms in total. The second kappa shape index (κ2) is 4.86. The molecule has 0 heterocycles. The second-order valence-electron chi connectivity index (χ2n) is 4.18. The second-order valence-corrected chi connectivity index (χ2v) is 4.18. The Morgan fingerprint density at radius 3 is 2.37 bits per heavy atom. The summed E-state index contributed by atoms with van der Waals surface area (Å²) in [6.07, 6.45) is 1.22. The van der Waals surface area contributed by atoms with Crippen LogP contribution in [0.15, 0.2) is 69.9 Å². The van der Waals surface area contributed by atoms with Crippen LogP contribution >= 0.6 is 0 Å². The lowest BCUT2D eigenvalue weighted by molar-refractivity contribution is 1.22. The van der Waals surface area contributed by atoms with E-state index in [0.29, 0.717) is 0 Å². The van der Waals surface area contributed by atoms with Crippen LogP contribution in [0, 0.1) is 0 Å². The summed E-state index contributed by atoms with van der Waals surface area (Å²) in [4.78, 5) is 0. The molecule has 0 aliphatic carbocycles. The molecule has 0 aliphatic heterocycles. The molecule has 3 rings (SSSR count). The third-order valence-corrected chi connectivity index (χ3v) is 3.01. The summed E-state index contributed by atoms with van der Waals surface area (Å²) in [6, 6.07) is 18.5. The number of azo groups is 1. The van der Waals surface area contributed by atoms with E-state index in [0.717, 1.165) is 16.5 Å². The van der Waals surface area contributed by atoms with Gasteiger partial charge in [-0.3, -0.25) is 0 Å². The molecule has 3 aromatic rings. The van der Waals surface area contributed by atoms with Crippen LogP contribution in [0.4, 0.5) is 5.69 Å². The predicted molar refractivity (Wildman–Crippen MR) is 78.6 cm³/mol. The number of rotatable bonds is 2. The van der Waals surface area contributed by atoms with E-state index in [1.54, 1.807) is 0 Å². The quantitative estimate of drug-likeness (QED) is 0.183. The summed E-state index contributed by atoms with van der Waals surface area (Å²) in [6.45, 7) is 0. The molecule has 4 heteroatoms. The molecule has 0 radical (unpaired) electrons. The molecule has 0 aliphatic rings. The number of fused-ring (bicyclic) bond motifs is 2. The fourth-order valence-electron chi connectivity index (χ4n) is 2.16. The first-order valence-corrected chi connectivity index (χ1v) is 5.92. The van der Waals surface area contributed by atoms with Gasteiger partial charge in [-0.1, -0.05) is 36.4 Å². The molecule has 0 fully saturated rings. The molecule has 0 bridgehead atoms. The van der Waals surface area contributed by atoms with Gasteiger partial charge >= 0.3 is 0 Å². The molecule has 0 spiro atoms. The van der Waals surface area contributed by atoms with Crippen LogP contribution in [-0.4, -0.2) is 6.34 Å². The van der Waals surface area contributed by atoms with Crippen molar-refractivity contribution in [3.05, 3.63) is 54.6 Å². The normalized spacial score (nSPS) is 12.0. The van der Waals surface area contributed by atoms with Gasteiger partial charge in [-0.25, -0.2) is 0 Å². The van der Waals surface area contributed by atoms with Crippen LogP contribution in [0.2, 0.25) is 0 Å². The van der Waals surface area contributed by atoms with Gasteiger partial charge in [-0.2, -0.15) is 5.10 Å². The van der Waals surface area contributed by atoms with Gasteiger partial charge in [0, 0.05) is 5.39 Å². The van der Waals surface area contributed by atoms with Crippen molar-refractivity contribution in [2.45, 2.75) is 0 Å². The van der Waals surface area contributed by atoms with Crippen molar-refractivity contribution >= 4 is 33.6 Å². The van der Waals surface area contributed by atoms with Crippen LogP contribution in [0.1, 0.15) is 0 Å². The highest BCUT2D eigenvalue weighted by molar-refractivity contribution is 6.02. The summed E-state index contributed by atoms with van der Waals surface area (Å²) in [5.41, 5.74) is 0.808. The van der Waals surface area contributed by atoms with Gasteiger partial charge in [0.2, 0.25) is 0 Å². The molecule has 0 aromatic heterocycles. The lowest BCUT2D eigenvalue weighted by Crippen LogP contribution is -1.78. The van der Waals surface area contributed by atoms with Crippen LogP contribution in [0.3, 0.4) is 0 Å². The van der Waals surface area contributed by atoms with Gasteiger partial charge in [0.25, 0.3) is 0 Å². The molecule has 0 saturated carbocycles. The number of benzene rings is 3. The smallest absolute Gasteiger partial charge is 0.157 e. The monoisotopic (exact) mass is 248 g/mol. The summed E-state index contributed by atoms with van der Waals surface area (Å²) in [7, 11) is 0. The van der Waals surface area contributed by atoms with Crippen LogP contribution in [0.25, 0.3) is 21.5 Å². The maximum absolute atomic E-state index is 5.00. The Bertz CT molecular complexity index is 790. The van der Waals surface area contributed by atoms with Crippen LogP contribution in [-0.2, 0) is 0 Å². The molecule has 0 unspecified atom stereocenters. The maximum Gasteiger partial charge on any atom is 0.157 e. The first-order chi connectivity index (χ1) is 9.38. The Kier molecular flexibility index (Phi) is 2.90. The van der Waals surface area contributed by atoms with Crippen molar-refractivity contribution in [3.8, 4) is 0 Å². The van der Waals surface area contributed by atoms with Crippen LogP contribution < -0.4 is 5.84 Å². The Morgan fingerprint density at radius 1 is 0.842 bits per heavy atom. The maximum atomic E-state index is 5.00. The zero-order valence-electron chi connectivity index (χ0n) is 10.2. The van der Waals surface area contributed by atoms with Gasteiger partial charge in [0.15, 0.2) is 6.34 Å². The van der Waals surface area contributed by atoms with E-state index in [1.807, 2.05) is 24.3 Å². The highest BCUT2D eigenvalue weighted by Crippen LogP contribution is 2.30. The summed E-state index contributed by atoms with van der Waals surface area (Å²) in [5.74, 6) is 5.00. The Morgan fingerprint density at radius 2 is 1.58 bits per heavy atom. The fourth-order valence-corrected chi connectivity index (χ4v) is 2.16. The number of hydrogen-bond acceptors (Lipinski definition) is 3. The van der Waals surface area contributed by atoms with Crippen molar-refractivity contribution in [2.24, 2.45) is 21.2 Å². The lowest BCUT2D eigenvalue weighted by atomic mass is 10.0. The molecular formula is C15H12N4. The van der Waals surface area contributed by atoms with E-state index < -0.39 is 0 Å². The zero-order chi connectivity index (χ0) is 13.1. The largest absolute Gasteiger partial charge is 0.322 e. The van der Waals surface area contributed by atoms with Crippen molar-refractivity contribution < 1.29 is 0 Å². The molecular weight excluding hydrogens is 236 g/mol. The third-order valence-electron chi connectivity index (χ3n) is 3.01. The lowest BCUT2D eigenvalue weighted by Gasteiger charge is -2.04. The van der Waals surface area contributed by atoms with Crippen molar-refractivity contribution in [3.63, 3.8) is 0 Å². The number of nitrogens with two attached hydrogens (primary N) is 1. The Hall–Kier alpha value is -2.75. The highest BCUT2D eigenvalue weighted by atomic mass is 15.2. The minimum atomic E-state index is 0.808. The average Bonchev–Trinajstić information content (AvgIpc) is 2.46. The first kappa shape index (κ1) is 11.3. The first-order valence-electron chi connectivity index (χ1n) is 5.92. The minimum absolute atomic E-state index is 0.808. The topological polar surface area (TPSA) is 63.1 Å². The van der Waals surface area contributed by atoms with E-state index >= 15 is 0 Å². The van der Waals surface area contributed by atoms with Gasteiger partial charge in [-0.05, 0) is 34.4 Å². The van der Waals surface area contributed by atoms with Crippen molar-refractivity contribution in [2.75, 3.05) is 0 Å². The van der Waals surface area contributed by atoms with Crippen LogP contribution in [0.5, 0.6) is 0 Å². The molecule has 92 valence electrons. The molecule has 3 aromatic carbocycles. The summed E-state index contributed by atoms with van der Waals surface area (Å²) in [5, 5.41) is 15.8. The molecule has 0 atom stereocenters. The predicted octanol–water partition coefficient (Wildman–Crippen LogP) is 3.98. The van der Waals surface area contributed by atoms with Crippen molar-refractivity contribution in [1.82, 2.24) is 0 Å². The van der Waals surface area contributed by atoms with E-state index in [-0.39, 0.29) is 0 Å². The van der Waals surface area contributed by atoms with Gasteiger partial charge < -0.3 is 5.84 Å². The standard InChI is InChI=1S/C15H12N4/c16-17-10-18-19-15-7-3-6-13-8-11-4-1-2-5-12(11)9-14(13)15/h1-10H,16H2. The number of hydrogen-bond donors (Lipinski definition) is 1. The molecule has 0 amide bonds. The third kappa shape index (κ3) is 2.15. The summed E-state index contributed by atoms with van der Waals surface area (Å²) < 4.78 is 0. The molecule has 19 heavy (non-hydrogen) atoms. The number of nitrogens with zero attached hydrogens (tertiary/aromatic N) is 3. The van der Waals surface area contributed by atoms with E-state index in [4.69, 9.17) is 5.84 Å². The van der Waals surface area contributed by atoms with Gasteiger partial charge in [-0.15, -0.1) is 10.2 Å². The minimum Gasteiger partial charge on any atom is -0.322 e. The molecule has 2 N–H and O–H groups in total. The Balaban J connectivity index is 2.26.